The fraction of sp³-hybridized carbons (Fsp3) is 0.538. The summed E-state index contributed by atoms with van der Waals surface area (Å²) >= 11 is 3.64. The van der Waals surface area contributed by atoms with Gasteiger partial charge in [-0.15, -0.1) is 0 Å². The Bertz CT molecular complexity index is 390. The van der Waals surface area contributed by atoms with Crippen LogP contribution >= 0.6 is 15.9 Å². The Balaban J connectivity index is 2.49. The molecule has 88 valence electrons. The Hall–Kier alpha value is -0.540. The van der Waals surface area contributed by atoms with Crippen LogP contribution in [0.1, 0.15) is 31.0 Å². The van der Waals surface area contributed by atoms with E-state index in [0.29, 0.717) is 12.0 Å². The lowest BCUT2D eigenvalue weighted by Gasteiger charge is -2.31. The molecule has 1 aliphatic heterocycles. The number of fused-ring (bicyclic) bond motifs is 1. The van der Waals surface area contributed by atoms with Crippen LogP contribution in [0.5, 0.6) is 5.75 Å². The highest BCUT2D eigenvalue weighted by Gasteiger charge is 2.24. The van der Waals surface area contributed by atoms with E-state index >= 15 is 0 Å². The predicted molar refractivity (Wildman–Crippen MR) is 70.0 cm³/mol. The first-order chi connectivity index (χ1) is 7.63. The summed E-state index contributed by atoms with van der Waals surface area (Å²) < 4.78 is 6.51. The zero-order valence-electron chi connectivity index (χ0n) is 10.0. The van der Waals surface area contributed by atoms with Gasteiger partial charge in [0.25, 0.3) is 0 Å². The molecule has 1 heterocycles. The van der Waals surface area contributed by atoms with Gasteiger partial charge in [0.05, 0.1) is 7.11 Å². The summed E-state index contributed by atoms with van der Waals surface area (Å²) in [4.78, 5) is 0. The molecule has 0 spiro atoms. The van der Waals surface area contributed by atoms with Gasteiger partial charge >= 0.3 is 0 Å². The molecule has 1 atom stereocenters. The lowest BCUT2D eigenvalue weighted by atomic mass is 9.88. The zero-order chi connectivity index (χ0) is 11.7. The molecule has 3 heteroatoms. The van der Waals surface area contributed by atoms with Gasteiger partial charge in [0.2, 0.25) is 0 Å². The highest BCUT2D eigenvalue weighted by atomic mass is 79.9. The Kier molecular flexibility index (Phi) is 3.55. The third-order valence-electron chi connectivity index (χ3n) is 3.18. The van der Waals surface area contributed by atoms with Gasteiger partial charge in [0.1, 0.15) is 5.75 Å². The average Bonchev–Trinajstić information content (AvgIpc) is 2.28. The van der Waals surface area contributed by atoms with Crippen LogP contribution in [-0.2, 0) is 6.42 Å². The number of rotatable bonds is 2. The second-order valence-electron chi connectivity index (χ2n) is 4.60. The van der Waals surface area contributed by atoms with Crippen LogP contribution in [-0.4, -0.2) is 13.7 Å². The van der Waals surface area contributed by atoms with E-state index in [1.54, 1.807) is 7.11 Å². The summed E-state index contributed by atoms with van der Waals surface area (Å²) in [6.45, 7) is 5.56. The molecule has 2 rings (SSSR count). The van der Waals surface area contributed by atoms with Crippen molar-refractivity contribution in [2.45, 2.75) is 26.3 Å². The van der Waals surface area contributed by atoms with E-state index in [0.717, 1.165) is 18.7 Å². The molecule has 16 heavy (non-hydrogen) atoms. The maximum atomic E-state index is 5.33. The normalized spacial score (nSPS) is 19.7. The SMILES string of the molecule is COc1cc(Br)c2c(c1)[C@@H](C(C)C)NCC2. The molecule has 1 aromatic rings. The Morgan fingerprint density at radius 3 is 2.81 bits per heavy atom. The third kappa shape index (κ3) is 2.11. The quantitative estimate of drug-likeness (QED) is 0.899. The average molecular weight is 284 g/mol. The summed E-state index contributed by atoms with van der Waals surface area (Å²) in [5.74, 6) is 1.53. The molecule has 0 aromatic heterocycles. The van der Waals surface area contributed by atoms with Gasteiger partial charge in [-0.25, -0.2) is 0 Å². The Labute approximate surface area is 106 Å². The summed E-state index contributed by atoms with van der Waals surface area (Å²) in [5, 5.41) is 3.58. The van der Waals surface area contributed by atoms with Crippen molar-refractivity contribution >= 4 is 15.9 Å². The minimum atomic E-state index is 0.440. The van der Waals surface area contributed by atoms with E-state index < -0.39 is 0 Å². The van der Waals surface area contributed by atoms with Crippen molar-refractivity contribution in [3.63, 3.8) is 0 Å². The number of ether oxygens (including phenoxy) is 1. The monoisotopic (exact) mass is 283 g/mol. The highest BCUT2D eigenvalue weighted by molar-refractivity contribution is 9.10. The van der Waals surface area contributed by atoms with Crippen LogP contribution in [0.3, 0.4) is 0 Å². The molecule has 0 amide bonds. The second kappa shape index (κ2) is 4.76. The maximum Gasteiger partial charge on any atom is 0.120 e. The lowest BCUT2D eigenvalue weighted by Crippen LogP contribution is -2.33. The van der Waals surface area contributed by atoms with Gasteiger partial charge in [-0.2, -0.15) is 0 Å². The Morgan fingerprint density at radius 2 is 2.19 bits per heavy atom. The standard InChI is InChI=1S/C13H18BrNO/c1-8(2)13-11-6-9(16-3)7-12(14)10(11)4-5-15-13/h6-8,13,15H,4-5H2,1-3H3/t13-/m1/s1. The zero-order valence-corrected chi connectivity index (χ0v) is 11.6. The van der Waals surface area contributed by atoms with Crippen LogP contribution < -0.4 is 10.1 Å². The first-order valence-electron chi connectivity index (χ1n) is 5.73. The van der Waals surface area contributed by atoms with E-state index in [2.05, 4.69) is 47.2 Å². The molecule has 0 unspecified atom stereocenters. The first-order valence-corrected chi connectivity index (χ1v) is 6.52. The molecule has 0 aliphatic carbocycles. The van der Waals surface area contributed by atoms with E-state index in [-0.39, 0.29) is 0 Å². The second-order valence-corrected chi connectivity index (χ2v) is 5.46. The summed E-state index contributed by atoms with van der Waals surface area (Å²) in [6.07, 6.45) is 1.09. The van der Waals surface area contributed by atoms with Crippen molar-refractivity contribution in [3.05, 3.63) is 27.7 Å². The van der Waals surface area contributed by atoms with Gasteiger partial charge in [-0.05, 0) is 42.1 Å². The number of hydrogen-bond acceptors (Lipinski definition) is 2. The molecule has 0 saturated carbocycles. The molecular weight excluding hydrogens is 266 g/mol. The summed E-state index contributed by atoms with van der Waals surface area (Å²) in [6, 6.07) is 4.66. The van der Waals surface area contributed by atoms with Crippen molar-refractivity contribution in [2.24, 2.45) is 5.92 Å². The van der Waals surface area contributed by atoms with Gasteiger partial charge in [0.15, 0.2) is 0 Å². The minimum absolute atomic E-state index is 0.440. The topological polar surface area (TPSA) is 21.3 Å². The van der Waals surface area contributed by atoms with E-state index in [1.807, 2.05) is 0 Å². The Morgan fingerprint density at radius 1 is 1.44 bits per heavy atom. The number of hydrogen-bond donors (Lipinski definition) is 1. The molecular formula is C13H18BrNO. The van der Waals surface area contributed by atoms with Crippen LogP contribution in [0.4, 0.5) is 0 Å². The van der Waals surface area contributed by atoms with Gasteiger partial charge < -0.3 is 10.1 Å². The fourth-order valence-corrected chi connectivity index (χ4v) is 3.00. The van der Waals surface area contributed by atoms with Crippen LogP contribution in [0, 0.1) is 5.92 Å². The summed E-state index contributed by atoms with van der Waals surface area (Å²) in [7, 11) is 1.72. The lowest BCUT2D eigenvalue weighted by molar-refractivity contribution is 0.385. The molecule has 0 radical (unpaired) electrons. The smallest absolute Gasteiger partial charge is 0.120 e. The maximum absolute atomic E-state index is 5.33. The molecule has 0 saturated heterocycles. The molecule has 1 aliphatic rings. The molecule has 1 aromatic carbocycles. The largest absolute Gasteiger partial charge is 0.497 e. The van der Waals surface area contributed by atoms with Crippen LogP contribution in [0.15, 0.2) is 16.6 Å². The molecule has 0 bridgehead atoms. The van der Waals surface area contributed by atoms with E-state index in [1.165, 1.54) is 15.6 Å². The van der Waals surface area contributed by atoms with Crippen molar-refractivity contribution < 1.29 is 4.74 Å². The molecule has 0 fully saturated rings. The highest BCUT2D eigenvalue weighted by Crippen LogP contribution is 2.36. The first kappa shape index (κ1) is 11.9. The minimum Gasteiger partial charge on any atom is -0.497 e. The third-order valence-corrected chi connectivity index (χ3v) is 3.89. The van der Waals surface area contributed by atoms with Crippen LogP contribution in [0.25, 0.3) is 0 Å². The molecule has 2 nitrogen and oxygen atoms in total. The number of methoxy groups -OCH3 is 1. The van der Waals surface area contributed by atoms with E-state index in [9.17, 15) is 0 Å². The summed E-state index contributed by atoms with van der Waals surface area (Å²) in [5.41, 5.74) is 2.81. The van der Waals surface area contributed by atoms with Crippen molar-refractivity contribution in [1.29, 1.82) is 0 Å². The van der Waals surface area contributed by atoms with Crippen molar-refractivity contribution in [1.82, 2.24) is 5.32 Å². The van der Waals surface area contributed by atoms with Crippen LogP contribution in [0.2, 0.25) is 0 Å². The van der Waals surface area contributed by atoms with Crippen molar-refractivity contribution in [2.75, 3.05) is 13.7 Å². The van der Waals surface area contributed by atoms with Gasteiger partial charge in [0, 0.05) is 10.5 Å². The van der Waals surface area contributed by atoms with E-state index in [4.69, 9.17) is 4.74 Å². The number of benzene rings is 1. The fourth-order valence-electron chi connectivity index (χ4n) is 2.35. The number of nitrogens with one attached hydrogen (secondary N) is 1. The van der Waals surface area contributed by atoms with Gasteiger partial charge in [-0.1, -0.05) is 29.8 Å². The predicted octanol–water partition coefficient (Wildman–Crippen LogP) is 3.30. The van der Waals surface area contributed by atoms with Gasteiger partial charge in [-0.3, -0.25) is 0 Å². The van der Waals surface area contributed by atoms with Crippen molar-refractivity contribution in [3.8, 4) is 5.75 Å². The number of halogens is 1. The molecule has 1 N–H and O–H groups in total.